The summed E-state index contributed by atoms with van der Waals surface area (Å²) in [4.78, 5) is 0. The fourth-order valence-electron chi connectivity index (χ4n) is 1.22. The maximum absolute atomic E-state index is 3.22. The fraction of sp³-hybridized carbons (Fsp3) is 1.00. The zero-order valence-electron chi connectivity index (χ0n) is 10.7. The van der Waals surface area contributed by atoms with E-state index in [-0.39, 0.29) is 0 Å². The van der Waals surface area contributed by atoms with Gasteiger partial charge in [-0.3, -0.25) is 0 Å². The maximum Gasteiger partial charge on any atom is 0.00750 e. The number of thioether (sulfide) groups is 1. The minimum absolute atomic E-state index is 0.416. The predicted octanol–water partition coefficient (Wildman–Crippen LogP) is 3.54. The Bertz CT molecular complexity index is 147. The highest BCUT2D eigenvalue weighted by atomic mass is 32.2. The van der Waals surface area contributed by atoms with Gasteiger partial charge in [-0.05, 0) is 37.6 Å². The van der Waals surface area contributed by atoms with Gasteiger partial charge in [-0.1, -0.05) is 34.6 Å². The summed E-state index contributed by atoms with van der Waals surface area (Å²) in [6.45, 7) is 12.7. The first kappa shape index (κ1) is 14.3. The Hall–Kier alpha value is 0.310. The van der Waals surface area contributed by atoms with Crippen LogP contribution in [0.4, 0.5) is 0 Å². The van der Waals surface area contributed by atoms with Crippen LogP contribution in [0.5, 0.6) is 0 Å². The predicted molar refractivity (Wildman–Crippen MR) is 69.2 cm³/mol. The Morgan fingerprint density at radius 2 is 1.57 bits per heavy atom. The van der Waals surface area contributed by atoms with Crippen molar-refractivity contribution < 1.29 is 0 Å². The van der Waals surface area contributed by atoms with Crippen LogP contribution in [-0.4, -0.2) is 24.1 Å². The van der Waals surface area contributed by atoms with E-state index in [1.165, 1.54) is 18.6 Å². The van der Waals surface area contributed by atoms with Crippen LogP contribution in [0.25, 0.3) is 0 Å². The molecule has 1 N–H and O–H groups in total. The number of rotatable bonds is 6. The Morgan fingerprint density at radius 3 is 2.00 bits per heavy atom. The zero-order chi connectivity index (χ0) is 11.2. The van der Waals surface area contributed by atoms with Crippen molar-refractivity contribution >= 4 is 11.8 Å². The lowest BCUT2D eigenvalue weighted by Gasteiger charge is -2.26. The summed E-state index contributed by atoms with van der Waals surface area (Å²) in [6.07, 6.45) is 2.59. The van der Waals surface area contributed by atoms with Gasteiger partial charge in [-0.2, -0.15) is 11.8 Å². The molecule has 0 aromatic heterocycles. The minimum atomic E-state index is 0.416. The Morgan fingerprint density at radius 1 is 1.00 bits per heavy atom. The van der Waals surface area contributed by atoms with Crippen LogP contribution in [0.2, 0.25) is 0 Å². The molecule has 0 saturated heterocycles. The lowest BCUT2D eigenvalue weighted by molar-refractivity contribution is 0.322. The summed E-state index contributed by atoms with van der Waals surface area (Å²) in [7, 11) is 2.03. The molecule has 0 bridgehead atoms. The van der Waals surface area contributed by atoms with Crippen molar-refractivity contribution in [1.82, 2.24) is 5.32 Å². The third-order valence-corrected chi connectivity index (χ3v) is 3.64. The highest BCUT2D eigenvalue weighted by molar-refractivity contribution is 8.00. The second-order valence-corrected chi connectivity index (χ2v) is 7.65. The van der Waals surface area contributed by atoms with Crippen LogP contribution in [0, 0.1) is 5.41 Å². The second-order valence-electron chi connectivity index (χ2n) is 5.73. The zero-order valence-corrected chi connectivity index (χ0v) is 11.6. The Kier molecular flexibility index (Phi) is 6.15. The van der Waals surface area contributed by atoms with Crippen LogP contribution in [0.3, 0.4) is 0 Å². The van der Waals surface area contributed by atoms with Crippen LogP contribution < -0.4 is 5.32 Å². The molecule has 14 heavy (non-hydrogen) atoms. The molecule has 0 heterocycles. The molecule has 0 aromatic rings. The van der Waals surface area contributed by atoms with E-state index < -0.39 is 0 Å². The lowest BCUT2D eigenvalue weighted by atomic mass is 9.86. The van der Waals surface area contributed by atoms with Gasteiger partial charge in [-0.15, -0.1) is 0 Å². The van der Waals surface area contributed by atoms with Crippen molar-refractivity contribution in [2.24, 2.45) is 5.41 Å². The summed E-state index contributed by atoms with van der Waals surface area (Å²) >= 11 is 2.07. The molecule has 0 saturated carbocycles. The quantitative estimate of drug-likeness (QED) is 0.730. The molecule has 0 spiro atoms. The Balaban J connectivity index is 3.65. The van der Waals surface area contributed by atoms with Gasteiger partial charge in [0.05, 0.1) is 0 Å². The van der Waals surface area contributed by atoms with Gasteiger partial charge in [-0.25, -0.2) is 0 Å². The van der Waals surface area contributed by atoms with E-state index in [0.717, 1.165) is 6.54 Å². The standard InChI is InChI=1S/C12H27NS/c1-11(2,3)14-10-8-12(4,5)7-9-13-6/h13H,7-10H2,1-6H3. The average molecular weight is 217 g/mol. The number of hydrogen-bond acceptors (Lipinski definition) is 2. The molecule has 0 aliphatic heterocycles. The smallest absolute Gasteiger partial charge is 0.00750 e. The van der Waals surface area contributed by atoms with Crippen LogP contribution in [0.15, 0.2) is 0 Å². The first-order valence-corrected chi connectivity index (χ1v) is 6.54. The van der Waals surface area contributed by atoms with Gasteiger partial charge in [0.25, 0.3) is 0 Å². The Labute approximate surface area is 94.4 Å². The van der Waals surface area contributed by atoms with Gasteiger partial charge in [0, 0.05) is 4.75 Å². The summed E-state index contributed by atoms with van der Waals surface area (Å²) in [5.41, 5.74) is 0.487. The van der Waals surface area contributed by atoms with Gasteiger partial charge in [0.15, 0.2) is 0 Å². The fourth-order valence-corrected chi connectivity index (χ4v) is 2.49. The molecule has 0 aromatic carbocycles. The van der Waals surface area contributed by atoms with Crippen molar-refractivity contribution in [3.63, 3.8) is 0 Å². The normalized spacial score (nSPS) is 13.3. The molecule has 2 heteroatoms. The third kappa shape index (κ3) is 8.89. The van der Waals surface area contributed by atoms with Crippen molar-refractivity contribution in [2.45, 2.75) is 52.2 Å². The number of hydrogen-bond donors (Lipinski definition) is 1. The third-order valence-electron chi connectivity index (χ3n) is 2.37. The van der Waals surface area contributed by atoms with Crippen LogP contribution >= 0.6 is 11.8 Å². The monoisotopic (exact) mass is 217 g/mol. The van der Waals surface area contributed by atoms with Crippen molar-refractivity contribution in [2.75, 3.05) is 19.3 Å². The van der Waals surface area contributed by atoms with E-state index in [0.29, 0.717) is 10.2 Å². The summed E-state index contributed by atoms with van der Waals surface area (Å²) < 4.78 is 0.416. The van der Waals surface area contributed by atoms with E-state index in [2.05, 4.69) is 51.7 Å². The largest absolute Gasteiger partial charge is 0.320 e. The highest BCUT2D eigenvalue weighted by Crippen LogP contribution is 2.30. The molecule has 1 nitrogen and oxygen atoms in total. The molecule has 0 amide bonds. The average Bonchev–Trinajstić information content (AvgIpc) is 1.98. The van der Waals surface area contributed by atoms with E-state index in [1.807, 2.05) is 7.05 Å². The van der Waals surface area contributed by atoms with Gasteiger partial charge < -0.3 is 5.32 Å². The first-order chi connectivity index (χ1) is 6.27. The van der Waals surface area contributed by atoms with Crippen LogP contribution in [0.1, 0.15) is 47.5 Å². The lowest BCUT2D eigenvalue weighted by Crippen LogP contribution is -2.21. The minimum Gasteiger partial charge on any atom is -0.320 e. The van der Waals surface area contributed by atoms with Gasteiger partial charge in [0.2, 0.25) is 0 Å². The number of nitrogens with one attached hydrogen (secondary N) is 1. The highest BCUT2D eigenvalue weighted by Gasteiger charge is 2.18. The molecular weight excluding hydrogens is 190 g/mol. The summed E-state index contributed by atoms with van der Waals surface area (Å²) in [6, 6.07) is 0. The van der Waals surface area contributed by atoms with Crippen molar-refractivity contribution in [3.8, 4) is 0 Å². The second kappa shape index (κ2) is 6.02. The van der Waals surface area contributed by atoms with Gasteiger partial charge >= 0.3 is 0 Å². The molecule has 0 radical (unpaired) electrons. The SMILES string of the molecule is CNCCC(C)(C)CCSC(C)(C)C. The summed E-state index contributed by atoms with van der Waals surface area (Å²) in [5, 5.41) is 3.22. The maximum atomic E-state index is 3.22. The van der Waals surface area contributed by atoms with E-state index in [1.54, 1.807) is 0 Å². The van der Waals surface area contributed by atoms with Crippen molar-refractivity contribution in [3.05, 3.63) is 0 Å². The van der Waals surface area contributed by atoms with E-state index >= 15 is 0 Å². The summed E-state index contributed by atoms with van der Waals surface area (Å²) in [5.74, 6) is 1.28. The molecule has 0 aliphatic carbocycles. The molecule has 0 rings (SSSR count). The van der Waals surface area contributed by atoms with Crippen LogP contribution in [-0.2, 0) is 0 Å². The van der Waals surface area contributed by atoms with Gasteiger partial charge in [0.1, 0.15) is 0 Å². The molecule has 0 unspecified atom stereocenters. The topological polar surface area (TPSA) is 12.0 Å². The molecule has 0 atom stereocenters. The molecular formula is C12H27NS. The molecule has 0 aliphatic rings. The molecule has 0 fully saturated rings. The van der Waals surface area contributed by atoms with E-state index in [4.69, 9.17) is 0 Å². The van der Waals surface area contributed by atoms with E-state index in [9.17, 15) is 0 Å². The molecule has 86 valence electrons. The van der Waals surface area contributed by atoms with Crippen molar-refractivity contribution in [1.29, 1.82) is 0 Å². The first-order valence-electron chi connectivity index (χ1n) is 5.55.